The second-order valence-corrected chi connectivity index (χ2v) is 7.08. The van der Waals surface area contributed by atoms with Crippen molar-refractivity contribution in [3.05, 3.63) is 51.9 Å². The number of hydrogen-bond donors (Lipinski definition) is 0. The van der Waals surface area contributed by atoms with E-state index in [0.29, 0.717) is 5.92 Å². The molecule has 1 aromatic rings. The van der Waals surface area contributed by atoms with Crippen LogP contribution in [0.15, 0.2) is 46.6 Å². The van der Waals surface area contributed by atoms with E-state index in [0.717, 1.165) is 11.3 Å². The third kappa shape index (κ3) is 3.97. The molecule has 2 nitrogen and oxygen atoms in total. The minimum absolute atomic E-state index is 0.673. The van der Waals surface area contributed by atoms with E-state index >= 15 is 0 Å². The molecule has 0 aliphatic heterocycles. The van der Waals surface area contributed by atoms with Gasteiger partial charge >= 0.3 is 0 Å². The van der Waals surface area contributed by atoms with Crippen LogP contribution in [0, 0.1) is 12.8 Å². The summed E-state index contributed by atoms with van der Waals surface area (Å²) >= 11 is 1.83. The number of aliphatic imine (C=N–C) groups is 2. The van der Waals surface area contributed by atoms with Crippen molar-refractivity contribution in [1.29, 1.82) is 0 Å². The maximum atomic E-state index is 4.47. The summed E-state index contributed by atoms with van der Waals surface area (Å²) in [4.78, 5) is 10.9. The van der Waals surface area contributed by atoms with Gasteiger partial charge in [0.05, 0.1) is 10.6 Å². The van der Waals surface area contributed by atoms with Crippen LogP contribution in [0.25, 0.3) is 5.57 Å². The van der Waals surface area contributed by atoms with Crippen LogP contribution in [0.5, 0.6) is 0 Å². The van der Waals surface area contributed by atoms with Gasteiger partial charge in [0.1, 0.15) is 0 Å². The summed E-state index contributed by atoms with van der Waals surface area (Å²) in [7, 11) is 1.84. The lowest BCUT2D eigenvalue weighted by Gasteiger charge is -2.14. The smallest absolute Gasteiger partial charge is 0.0787 e. The molecule has 23 heavy (non-hydrogen) atoms. The topological polar surface area (TPSA) is 24.7 Å². The van der Waals surface area contributed by atoms with Crippen LogP contribution >= 0.6 is 11.3 Å². The first-order chi connectivity index (χ1) is 11.1. The summed E-state index contributed by atoms with van der Waals surface area (Å²) in [6.45, 7) is 11.7. The molecule has 0 atom stereocenters. The molecule has 0 saturated heterocycles. The Morgan fingerprint density at radius 1 is 1.35 bits per heavy atom. The van der Waals surface area contributed by atoms with Gasteiger partial charge in [-0.2, -0.15) is 0 Å². The summed E-state index contributed by atoms with van der Waals surface area (Å²) in [6.07, 6.45) is 11.2. The summed E-state index contributed by atoms with van der Waals surface area (Å²) in [5.74, 6) is 0.673. The Morgan fingerprint density at radius 3 is 2.61 bits per heavy atom. The first kappa shape index (κ1) is 17.6. The standard InChI is InChI=1S/C20H26N2S/c1-6-9-17(16-10-7-8-11-16)20-14(2)12-18(23-20)19(22-5)15(3)13-21-4/h6,9,12-13,16H,1,4,7-8,10-11H2,2-3,5H3/b15-13-,17-9-,22-19+. The summed E-state index contributed by atoms with van der Waals surface area (Å²) < 4.78 is 0. The fourth-order valence-electron chi connectivity index (χ4n) is 3.33. The number of rotatable bonds is 6. The highest BCUT2D eigenvalue weighted by Crippen LogP contribution is 2.41. The van der Waals surface area contributed by atoms with E-state index < -0.39 is 0 Å². The maximum absolute atomic E-state index is 4.47. The van der Waals surface area contributed by atoms with Gasteiger partial charge in [-0.1, -0.05) is 31.6 Å². The molecule has 1 saturated carbocycles. The number of thiophene rings is 1. The molecule has 1 fully saturated rings. The van der Waals surface area contributed by atoms with Crippen LogP contribution in [0.4, 0.5) is 0 Å². The molecule has 1 heterocycles. The van der Waals surface area contributed by atoms with Gasteiger partial charge in [-0.05, 0) is 62.1 Å². The Labute approximate surface area is 144 Å². The molecule has 0 aromatic carbocycles. The second kappa shape index (κ2) is 8.21. The van der Waals surface area contributed by atoms with Crippen molar-refractivity contribution >= 4 is 29.3 Å². The number of hydrogen-bond acceptors (Lipinski definition) is 3. The van der Waals surface area contributed by atoms with E-state index in [1.54, 1.807) is 6.20 Å². The average Bonchev–Trinajstić information content (AvgIpc) is 3.16. The van der Waals surface area contributed by atoms with Crippen molar-refractivity contribution in [3.8, 4) is 0 Å². The zero-order chi connectivity index (χ0) is 16.8. The molecule has 0 N–H and O–H groups in total. The van der Waals surface area contributed by atoms with E-state index in [1.165, 1.54) is 46.6 Å². The molecular weight excluding hydrogens is 300 g/mol. The minimum Gasteiger partial charge on any atom is -0.287 e. The van der Waals surface area contributed by atoms with Crippen molar-refractivity contribution < 1.29 is 0 Å². The van der Waals surface area contributed by atoms with Crippen LogP contribution in [0.2, 0.25) is 0 Å². The highest BCUT2D eigenvalue weighted by atomic mass is 32.1. The Balaban J connectivity index is 2.43. The zero-order valence-electron chi connectivity index (χ0n) is 14.4. The van der Waals surface area contributed by atoms with Gasteiger partial charge in [0, 0.05) is 18.1 Å². The molecule has 1 aromatic heterocycles. The highest BCUT2D eigenvalue weighted by Gasteiger charge is 2.23. The average molecular weight is 327 g/mol. The molecule has 1 aliphatic rings. The van der Waals surface area contributed by atoms with Gasteiger partial charge in [-0.3, -0.25) is 9.98 Å². The Bertz CT molecular complexity index is 668. The lowest BCUT2D eigenvalue weighted by atomic mass is 9.94. The molecule has 0 amide bonds. The summed E-state index contributed by atoms with van der Waals surface area (Å²) in [5, 5.41) is 0. The first-order valence-corrected chi connectivity index (χ1v) is 8.97. The normalized spacial score (nSPS) is 17.6. The van der Waals surface area contributed by atoms with E-state index in [4.69, 9.17) is 0 Å². The lowest BCUT2D eigenvalue weighted by molar-refractivity contribution is 0.707. The molecule has 0 spiro atoms. The Kier molecular flexibility index (Phi) is 6.28. The molecule has 3 heteroatoms. The SMILES string of the molecule is C=C/C=C(\c1sc(C(=N/C)/C(C)=C\N=C)cc1C)C1CCCC1. The van der Waals surface area contributed by atoms with Crippen molar-refractivity contribution in [1.82, 2.24) is 0 Å². The minimum atomic E-state index is 0.673. The van der Waals surface area contributed by atoms with Gasteiger partial charge in [0.2, 0.25) is 0 Å². The van der Waals surface area contributed by atoms with Gasteiger partial charge in [0.15, 0.2) is 0 Å². The first-order valence-electron chi connectivity index (χ1n) is 8.15. The van der Waals surface area contributed by atoms with Gasteiger partial charge in [0.25, 0.3) is 0 Å². The molecule has 122 valence electrons. The molecule has 0 unspecified atom stereocenters. The molecule has 0 bridgehead atoms. The Hall–Kier alpha value is -1.74. The van der Waals surface area contributed by atoms with Crippen molar-refractivity contribution in [2.75, 3.05) is 7.05 Å². The Morgan fingerprint density at radius 2 is 2.04 bits per heavy atom. The third-order valence-electron chi connectivity index (χ3n) is 4.39. The van der Waals surface area contributed by atoms with Crippen molar-refractivity contribution in [2.24, 2.45) is 15.9 Å². The predicted molar refractivity (Wildman–Crippen MR) is 105 cm³/mol. The van der Waals surface area contributed by atoms with Crippen molar-refractivity contribution in [3.63, 3.8) is 0 Å². The van der Waals surface area contributed by atoms with Gasteiger partial charge in [-0.15, -0.1) is 11.3 Å². The van der Waals surface area contributed by atoms with E-state index in [2.05, 4.69) is 42.3 Å². The second-order valence-electron chi connectivity index (χ2n) is 6.03. The van der Waals surface area contributed by atoms with E-state index in [9.17, 15) is 0 Å². The molecule has 1 aliphatic carbocycles. The van der Waals surface area contributed by atoms with Crippen LogP contribution in [0.1, 0.15) is 47.9 Å². The summed E-state index contributed by atoms with van der Waals surface area (Å²) in [6, 6.07) is 2.24. The van der Waals surface area contributed by atoms with Gasteiger partial charge < -0.3 is 0 Å². The van der Waals surface area contributed by atoms with E-state index in [-0.39, 0.29) is 0 Å². The summed E-state index contributed by atoms with van der Waals surface area (Å²) in [5.41, 5.74) is 4.82. The predicted octanol–water partition coefficient (Wildman–Crippen LogP) is 5.84. The molecule has 0 radical (unpaired) electrons. The third-order valence-corrected chi connectivity index (χ3v) is 5.68. The van der Waals surface area contributed by atoms with Crippen molar-refractivity contribution in [2.45, 2.75) is 39.5 Å². The largest absolute Gasteiger partial charge is 0.287 e. The van der Waals surface area contributed by atoms with Crippen LogP contribution in [-0.4, -0.2) is 19.5 Å². The zero-order valence-corrected chi connectivity index (χ0v) is 15.2. The van der Waals surface area contributed by atoms with Gasteiger partial charge in [-0.25, -0.2) is 0 Å². The quantitative estimate of drug-likeness (QED) is 0.463. The molecule has 2 rings (SSSR count). The number of aryl methyl sites for hydroxylation is 1. The fraction of sp³-hybridized carbons (Fsp3) is 0.400. The molecular formula is C20H26N2S. The number of nitrogens with zero attached hydrogens (tertiary/aromatic N) is 2. The maximum Gasteiger partial charge on any atom is 0.0787 e. The highest BCUT2D eigenvalue weighted by molar-refractivity contribution is 7.15. The van der Waals surface area contributed by atoms with Crippen LogP contribution in [0.3, 0.4) is 0 Å². The number of allylic oxidation sites excluding steroid dienone is 4. The van der Waals surface area contributed by atoms with Crippen LogP contribution in [-0.2, 0) is 0 Å². The van der Waals surface area contributed by atoms with E-state index in [1.807, 2.05) is 31.4 Å². The lowest BCUT2D eigenvalue weighted by Crippen LogP contribution is -1.99. The monoisotopic (exact) mass is 326 g/mol. The fourth-order valence-corrected chi connectivity index (χ4v) is 4.70. The van der Waals surface area contributed by atoms with Crippen LogP contribution < -0.4 is 0 Å².